The molecule has 6 heteroatoms. The highest BCUT2D eigenvalue weighted by molar-refractivity contribution is 9.10. The van der Waals surface area contributed by atoms with Crippen LogP contribution in [0.1, 0.15) is 10.4 Å². The minimum absolute atomic E-state index is 0.127. The van der Waals surface area contributed by atoms with Gasteiger partial charge in [-0.25, -0.2) is 9.37 Å². The van der Waals surface area contributed by atoms with Gasteiger partial charge in [0.25, 0.3) is 5.91 Å². The lowest BCUT2D eigenvalue weighted by Crippen LogP contribution is -2.13. The lowest BCUT2D eigenvalue weighted by atomic mass is 10.2. The summed E-state index contributed by atoms with van der Waals surface area (Å²) in [5, 5.41) is 2.53. The van der Waals surface area contributed by atoms with E-state index < -0.39 is 11.7 Å². The number of nitrogens with zero attached hydrogens (tertiary/aromatic N) is 2. The number of rotatable bonds is 3. The fraction of sp³-hybridized carbons (Fsp3) is 0. The van der Waals surface area contributed by atoms with Gasteiger partial charge in [0.1, 0.15) is 11.6 Å². The van der Waals surface area contributed by atoms with E-state index in [9.17, 15) is 9.18 Å². The van der Waals surface area contributed by atoms with Crippen molar-refractivity contribution in [1.82, 2.24) is 9.55 Å². The van der Waals surface area contributed by atoms with E-state index in [1.54, 1.807) is 18.2 Å². The molecule has 1 N–H and O–H groups in total. The third-order valence-corrected chi connectivity index (χ3v) is 3.55. The zero-order chi connectivity index (χ0) is 15.5. The average Bonchev–Trinajstić information content (AvgIpc) is 3.04. The molecule has 22 heavy (non-hydrogen) atoms. The van der Waals surface area contributed by atoms with E-state index in [4.69, 9.17) is 0 Å². The Balaban J connectivity index is 1.77. The van der Waals surface area contributed by atoms with Crippen LogP contribution in [0.15, 0.2) is 65.5 Å². The first kappa shape index (κ1) is 14.5. The highest BCUT2D eigenvalue weighted by Gasteiger charge is 2.10. The minimum atomic E-state index is -0.500. The molecule has 110 valence electrons. The molecule has 0 fully saturated rings. The third kappa shape index (κ3) is 3.07. The van der Waals surface area contributed by atoms with Crippen molar-refractivity contribution in [3.8, 4) is 5.82 Å². The second-order valence-electron chi connectivity index (χ2n) is 4.57. The van der Waals surface area contributed by atoms with E-state index in [0.717, 1.165) is 0 Å². The minimum Gasteiger partial charge on any atom is -0.319 e. The number of benzene rings is 1. The number of carbonyl (C=O) groups is 1. The fourth-order valence-corrected chi connectivity index (χ4v) is 2.28. The van der Waals surface area contributed by atoms with Gasteiger partial charge in [0, 0.05) is 23.1 Å². The van der Waals surface area contributed by atoms with Crippen LogP contribution in [-0.4, -0.2) is 15.5 Å². The molecule has 4 nitrogen and oxygen atoms in total. The van der Waals surface area contributed by atoms with Crippen LogP contribution >= 0.6 is 15.9 Å². The Bertz CT molecular complexity index is 801. The van der Waals surface area contributed by atoms with Crippen molar-refractivity contribution >= 4 is 27.5 Å². The van der Waals surface area contributed by atoms with Gasteiger partial charge in [-0.2, -0.15) is 0 Å². The van der Waals surface area contributed by atoms with Crippen molar-refractivity contribution in [2.45, 2.75) is 0 Å². The van der Waals surface area contributed by atoms with Crippen molar-refractivity contribution in [1.29, 1.82) is 0 Å². The van der Waals surface area contributed by atoms with Crippen molar-refractivity contribution in [2.24, 2.45) is 0 Å². The number of aromatic nitrogens is 2. The van der Waals surface area contributed by atoms with Crippen molar-refractivity contribution < 1.29 is 9.18 Å². The summed E-state index contributed by atoms with van der Waals surface area (Å²) in [4.78, 5) is 16.3. The Labute approximate surface area is 134 Å². The summed E-state index contributed by atoms with van der Waals surface area (Å²) < 4.78 is 16.2. The Morgan fingerprint density at radius 1 is 1.18 bits per heavy atom. The molecule has 0 radical (unpaired) electrons. The number of hydrogen-bond donors (Lipinski definition) is 1. The quantitative estimate of drug-likeness (QED) is 0.767. The first-order valence-electron chi connectivity index (χ1n) is 6.49. The summed E-state index contributed by atoms with van der Waals surface area (Å²) in [5.41, 5.74) is 0.487. The van der Waals surface area contributed by atoms with Gasteiger partial charge >= 0.3 is 0 Å². The Kier molecular flexibility index (Phi) is 4.02. The molecule has 1 amide bonds. The standard InChI is InChI=1S/C16H11BrFN3O/c17-12-4-5-14(13(18)9-12)20-16(22)11-3-6-15(19-10-11)21-7-1-2-8-21/h1-10H,(H,20,22). The van der Waals surface area contributed by atoms with E-state index >= 15 is 0 Å². The van der Waals surface area contributed by atoms with Crippen LogP contribution in [-0.2, 0) is 0 Å². The fourth-order valence-electron chi connectivity index (χ4n) is 1.95. The molecule has 0 aliphatic heterocycles. The molecule has 0 atom stereocenters. The van der Waals surface area contributed by atoms with Crippen LogP contribution in [0.25, 0.3) is 5.82 Å². The first-order chi connectivity index (χ1) is 10.6. The number of carbonyl (C=O) groups excluding carboxylic acids is 1. The van der Waals surface area contributed by atoms with Crippen LogP contribution in [0.5, 0.6) is 0 Å². The Hall–Kier alpha value is -2.47. The maximum atomic E-state index is 13.7. The monoisotopic (exact) mass is 359 g/mol. The summed E-state index contributed by atoms with van der Waals surface area (Å²) in [6.07, 6.45) is 5.18. The summed E-state index contributed by atoms with van der Waals surface area (Å²) >= 11 is 3.17. The Morgan fingerprint density at radius 2 is 1.95 bits per heavy atom. The summed E-state index contributed by atoms with van der Waals surface area (Å²) in [5.74, 6) is -0.205. The van der Waals surface area contributed by atoms with E-state index in [1.165, 1.54) is 18.3 Å². The molecule has 0 aliphatic carbocycles. The molecule has 0 unspecified atom stereocenters. The lowest BCUT2D eigenvalue weighted by Gasteiger charge is -2.07. The van der Waals surface area contributed by atoms with E-state index in [0.29, 0.717) is 15.9 Å². The van der Waals surface area contributed by atoms with Crippen LogP contribution in [0.4, 0.5) is 10.1 Å². The second kappa shape index (κ2) is 6.11. The summed E-state index contributed by atoms with van der Waals surface area (Å²) in [6.45, 7) is 0. The van der Waals surface area contributed by atoms with Crippen molar-refractivity contribution in [3.05, 3.63) is 76.9 Å². The Morgan fingerprint density at radius 3 is 2.59 bits per heavy atom. The molecule has 0 aliphatic rings. The van der Waals surface area contributed by atoms with Gasteiger partial charge < -0.3 is 9.88 Å². The van der Waals surface area contributed by atoms with E-state index in [1.807, 2.05) is 29.1 Å². The molecule has 3 aromatic rings. The normalized spacial score (nSPS) is 10.5. The number of hydrogen-bond acceptors (Lipinski definition) is 2. The molecule has 0 saturated heterocycles. The molecule has 2 aromatic heterocycles. The molecule has 1 aromatic carbocycles. The molecule has 3 rings (SSSR count). The van der Waals surface area contributed by atoms with E-state index in [2.05, 4.69) is 26.2 Å². The van der Waals surface area contributed by atoms with Gasteiger partial charge in [-0.1, -0.05) is 15.9 Å². The molecular weight excluding hydrogens is 349 g/mol. The van der Waals surface area contributed by atoms with Crippen LogP contribution in [0.2, 0.25) is 0 Å². The molecule has 2 heterocycles. The number of pyridine rings is 1. The largest absolute Gasteiger partial charge is 0.319 e. The number of anilines is 1. The average molecular weight is 360 g/mol. The topological polar surface area (TPSA) is 46.9 Å². The first-order valence-corrected chi connectivity index (χ1v) is 7.28. The third-order valence-electron chi connectivity index (χ3n) is 3.06. The smallest absolute Gasteiger partial charge is 0.257 e. The van der Waals surface area contributed by atoms with Crippen molar-refractivity contribution in [3.63, 3.8) is 0 Å². The van der Waals surface area contributed by atoms with Crippen LogP contribution < -0.4 is 5.32 Å². The lowest BCUT2D eigenvalue weighted by molar-refractivity contribution is 0.102. The summed E-state index contributed by atoms with van der Waals surface area (Å²) in [7, 11) is 0. The predicted molar refractivity (Wildman–Crippen MR) is 85.6 cm³/mol. The van der Waals surface area contributed by atoms with Gasteiger partial charge in [0.05, 0.1) is 11.3 Å². The zero-order valence-electron chi connectivity index (χ0n) is 11.3. The number of halogens is 2. The number of nitrogens with one attached hydrogen (secondary N) is 1. The van der Waals surface area contributed by atoms with Crippen LogP contribution in [0.3, 0.4) is 0 Å². The maximum absolute atomic E-state index is 13.7. The predicted octanol–water partition coefficient (Wildman–Crippen LogP) is 4.03. The zero-order valence-corrected chi connectivity index (χ0v) is 12.9. The maximum Gasteiger partial charge on any atom is 0.257 e. The molecular formula is C16H11BrFN3O. The van der Waals surface area contributed by atoms with Gasteiger partial charge in [-0.05, 0) is 42.5 Å². The van der Waals surface area contributed by atoms with Crippen LogP contribution in [0, 0.1) is 5.82 Å². The second-order valence-corrected chi connectivity index (χ2v) is 5.49. The van der Waals surface area contributed by atoms with Gasteiger partial charge in [-0.15, -0.1) is 0 Å². The molecule has 0 bridgehead atoms. The number of amides is 1. The summed E-state index contributed by atoms with van der Waals surface area (Å²) in [6, 6.07) is 11.6. The van der Waals surface area contributed by atoms with Gasteiger partial charge in [-0.3, -0.25) is 4.79 Å². The van der Waals surface area contributed by atoms with Gasteiger partial charge in [0.2, 0.25) is 0 Å². The highest BCUT2D eigenvalue weighted by atomic mass is 79.9. The SMILES string of the molecule is O=C(Nc1ccc(Br)cc1F)c1ccc(-n2cccc2)nc1. The van der Waals surface area contributed by atoms with Crippen molar-refractivity contribution in [2.75, 3.05) is 5.32 Å². The molecule has 0 spiro atoms. The molecule has 0 saturated carbocycles. The van der Waals surface area contributed by atoms with E-state index in [-0.39, 0.29) is 5.69 Å². The van der Waals surface area contributed by atoms with Gasteiger partial charge in [0.15, 0.2) is 0 Å². The highest BCUT2D eigenvalue weighted by Crippen LogP contribution is 2.20.